The molecule has 2 N–H and O–H groups in total. The van der Waals surface area contributed by atoms with Crippen LogP contribution in [-0.2, 0) is 42.2 Å². The Morgan fingerprint density at radius 1 is 0.382 bits per heavy atom. The SMILES string of the molecule is CC/C=C\C/C=C\C/C=C\C/C=C\C/C=C\CCCCCC(=O)OC(COC(=O)CCCCCCC/C=C\C/C=C\CCC)COP(=O)(O)OCC(CO)OC(=O)CCCCCCCCC/C=C\C/C=C\C/C=C\CC. The second-order valence-electron chi connectivity index (χ2n) is 19.0. The van der Waals surface area contributed by atoms with Crippen molar-refractivity contribution in [2.45, 2.75) is 238 Å². The number of phosphoric acid groups is 1. The molecule has 0 rings (SSSR count). The molecule has 0 aliphatic rings. The van der Waals surface area contributed by atoms with Gasteiger partial charge in [-0.1, -0.05) is 206 Å². The number of rotatable bonds is 53. The van der Waals surface area contributed by atoms with E-state index in [2.05, 4.69) is 142 Å². The van der Waals surface area contributed by atoms with Crippen LogP contribution in [0, 0.1) is 0 Å². The van der Waals surface area contributed by atoms with Gasteiger partial charge in [0.1, 0.15) is 12.7 Å². The predicted octanol–water partition coefficient (Wildman–Crippen LogP) is 17.6. The van der Waals surface area contributed by atoms with E-state index in [1.54, 1.807) is 0 Å². The molecule has 76 heavy (non-hydrogen) atoms. The Labute approximate surface area is 462 Å². The van der Waals surface area contributed by atoms with Crippen LogP contribution in [0.2, 0.25) is 0 Å². The van der Waals surface area contributed by atoms with Crippen LogP contribution in [0.3, 0.4) is 0 Å². The van der Waals surface area contributed by atoms with Gasteiger partial charge in [0.15, 0.2) is 6.10 Å². The predicted molar refractivity (Wildman–Crippen MR) is 316 cm³/mol. The van der Waals surface area contributed by atoms with Crippen molar-refractivity contribution >= 4 is 25.7 Å². The maximum Gasteiger partial charge on any atom is 0.472 e. The van der Waals surface area contributed by atoms with Crippen molar-refractivity contribution < 1.29 is 52.2 Å². The van der Waals surface area contributed by atoms with E-state index in [-0.39, 0.29) is 25.9 Å². The molecule has 0 aliphatic heterocycles. The van der Waals surface area contributed by atoms with Crippen molar-refractivity contribution in [2.75, 3.05) is 26.4 Å². The molecule has 0 aromatic rings. The highest BCUT2D eigenvalue weighted by Gasteiger charge is 2.28. The lowest BCUT2D eigenvalue weighted by Gasteiger charge is -2.21. The molecule has 3 atom stereocenters. The smallest absolute Gasteiger partial charge is 0.462 e. The summed E-state index contributed by atoms with van der Waals surface area (Å²) in [6.45, 7) is 4.28. The second-order valence-corrected chi connectivity index (χ2v) is 20.5. The van der Waals surface area contributed by atoms with Gasteiger partial charge in [0.2, 0.25) is 0 Å². The zero-order valence-corrected chi connectivity index (χ0v) is 48.6. The summed E-state index contributed by atoms with van der Waals surface area (Å²) in [7, 11) is -4.77. The summed E-state index contributed by atoms with van der Waals surface area (Å²) in [6, 6.07) is 0. The van der Waals surface area contributed by atoms with Gasteiger partial charge in [-0.3, -0.25) is 23.4 Å². The lowest BCUT2D eigenvalue weighted by molar-refractivity contribution is -0.161. The Morgan fingerprint density at radius 2 is 0.684 bits per heavy atom. The van der Waals surface area contributed by atoms with E-state index in [0.717, 1.165) is 161 Å². The van der Waals surface area contributed by atoms with Crippen LogP contribution in [0.4, 0.5) is 0 Å². The minimum absolute atomic E-state index is 0.118. The summed E-state index contributed by atoms with van der Waals surface area (Å²) in [4.78, 5) is 48.6. The number of aliphatic hydroxyl groups is 1. The van der Waals surface area contributed by atoms with Gasteiger partial charge in [-0.2, -0.15) is 0 Å². The van der Waals surface area contributed by atoms with Gasteiger partial charge in [0, 0.05) is 19.3 Å². The Morgan fingerprint density at radius 3 is 1.07 bits per heavy atom. The summed E-state index contributed by atoms with van der Waals surface area (Å²) in [5, 5.41) is 9.83. The number of carbonyl (C=O) groups is 3. The molecule has 0 fully saturated rings. The average Bonchev–Trinajstić information content (AvgIpc) is 3.41. The lowest BCUT2D eigenvalue weighted by atomic mass is 10.1. The highest BCUT2D eigenvalue weighted by atomic mass is 31.2. The summed E-state index contributed by atoms with van der Waals surface area (Å²) in [5.74, 6) is -1.54. The van der Waals surface area contributed by atoms with Crippen LogP contribution in [0.1, 0.15) is 226 Å². The molecular weight excluding hydrogens is 976 g/mol. The highest BCUT2D eigenvalue weighted by Crippen LogP contribution is 2.43. The molecule has 0 saturated carbocycles. The molecule has 432 valence electrons. The molecular formula is C64H105O11P. The van der Waals surface area contributed by atoms with Crippen molar-refractivity contribution in [2.24, 2.45) is 0 Å². The van der Waals surface area contributed by atoms with Crippen molar-refractivity contribution in [3.63, 3.8) is 0 Å². The second kappa shape index (κ2) is 57.1. The average molecular weight is 1080 g/mol. The summed E-state index contributed by atoms with van der Waals surface area (Å²) < 4.78 is 39.5. The standard InChI is InChI=1S/C64H105O11P/c1-4-7-10-13-16-19-22-25-27-29-30-32-34-37-40-43-46-49-52-55-64(68)75-61(57-71-62(66)53-50-47-44-41-38-35-24-21-18-15-12-9-6-3)59-73-76(69,70)72-58-60(56-65)74-63(67)54-51-48-45-42-39-36-33-31-28-26-23-20-17-14-11-8-5-2/h7-8,10-12,15-17,19-21,24-28,30,32,37,40,60-61,65H,4-6,9,13-14,18,22-23,29,31,33-36,38-39,41-59H2,1-3H3,(H,69,70)/b10-7-,11-8-,15-12-,19-16-,20-17-,24-21-,27-25-,28-26-,32-30-,40-37-. The van der Waals surface area contributed by atoms with Crippen molar-refractivity contribution in [1.82, 2.24) is 0 Å². The third-order valence-electron chi connectivity index (χ3n) is 11.8. The fraction of sp³-hybridized carbons (Fsp3) is 0.641. The third kappa shape index (κ3) is 54.7. The Bertz CT molecular complexity index is 1740. The molecule has 0 bridgehead atoms. The molecule has 0 amide bonds. The van der Waals surface area contributed by atoms with Gasteiger partial charge in [-0.15, -0.1) is 0 Å². The Balaban J connectivity index is 4.79. The third-order valence-corrected chi connectivity index (χ3v) is 12.8. The highest BCUT2D eigenvalue weighted by molar-refractivity contribution is 7.47. The summed E-state index contributed by atoms with van der Waals surface area (Å²) in [6.07, 6.45) is 70.1. The molecule has 0 heterocycles. The van der Waals surface area contributed by atoms with E-state index in [4.69, 9.17) is 23.3 Å². The van der Waals surface area contributed by atoms with Crippen molar-refractivity contribution in [3.05, 3.63) is 122 Å². The molecule has 0 aromatic heterocycles. The van der Waals surface area contributed by atoms with Crippen LogP contribution >= 0.6 is 7.82 Å². The number of aliphatic hydroxyl groups excluding tert-OH is 1. The monoisotopic (exact) mass is 1080 g/mol. The van der Waals surface area contributed by atoms with Gasteiger partial charge >= 0.3 is 25.7 Å². The molecule has 0 saturated heterocycles. The molecule has 0 aromatic carbocycles. The quantitative estimate of drug-likeness (QED) is 0.0197. The topological polar surface area (TPSA) is 155 Å². The maximum atomic E-state index is 12.9. The number of allylic oxidation sites excluding steroid dienone is 20. The number of esters is 3. The molecule has 11 nitrogen and oxygen atoms in total. The number of carbonyl (C=O) groups excluding carboxylic acids is 3. The van der Waals surface area contributed by atoms with Gasteiger partial charge in [0.25, 0.3) is 0 Å². The van der Waals surface area contributed by atoms with Gasteiger partial charge in [-0.25, -0.2) is 4.57 Å². The van der Waals surface area contributed by atoms with Gasteiger partial charge < -0.3 is 24.2 Å². The fourth-order valence-electron chi connectivity index (χ4n) is 7.43. The fourth-order valence-corrected chi connectivity index (χ4v) is 8.22. The lowest BCUT2D eigenvalue weighted by Crippen LogP contribution is -2.30. The first-order chi connectivity index (χ1) is 37.2. The Hall–Kier alpha value is -4.12. The normalized spacial score (nSPS) is 14.2. The first-order valence-electron chi connectivity index (χ1n) is 29.4. The Kier molecular flexibility index (Phi) is 54.0. The molecule has 0 spiro atoms. The van der Waals surface area contributed by atoms with Crippen LogP contribution in [0.15, 0.2) is 122 Å². The first kappa shape index (κ1) is 71.9. The largest absolute Gasteiger partial charge is 0.472 e. The van der Waals surface area contributed by atoms with Gasteiger partial charge in [0.05, 0.1) is 19.8 Å². The summed E-state index contributed by atoms with van der Waals surface area (Å²) in [5.41, 5.74) is 0. The van der Waals surface area contributed by atoms with E-state index in [1.807, 2.05) is 0 Å². The number of unbranched alkanes of at least 4 members (excludes halogenated alkanes) is 16. The zero-order chi connectivity index (χ0) is 55.5. The molecule has 0 radical (unpaired) electrons. The molecule has 12 heteroatoms. The van der Waals surface area contributed by atoms with Crippen LogP contribution in [0.25, 0.3) is 0 Å². The minimum Gasteiger partial charge on any atom is -0.462 e. The minimum atomic E-state index is -4.77. The van der Waals surface area contributed by atoms with Crippen molar-refractivity contribution in [1.29, 1.82) is 0 Å². The van der Waals surface area contributed by atoms with E-state index < -0.39 is 57.8 Å². The van der Waals surface area contributed by atoms with E-state index >= 15 is 0 Å². The first-order valence-corrected chi connectivity index (χ1v) is 30.9. The summed E-state index contributed by atoms with van der Waals surface area (Å²) >= 11 is 0. The van der Waals surface area contributed by atoms with Crippen LogP contribution in [-0.4, -0.2) is 66.5 Å². The van der Waals surface area contributed by atoms with Crippen LogP contribution < -0.4 is 0 Å². The van der Waals surface area contributed by atoms with Crippen molar-refractivity contribution in [3.8, 4) is 0 Å². The van der Waals surface area contributed by atoms with Gasteiger partial charge in [-0.05, 0) is 122 Å². The van der Waals surface area contributed by atoms with E-state index in [0.29, 0.717) is 19.3 Å². The molecule has 0 aliphatic carbocycles. The zero-order valence-electron chi connectivity index (χ0n) is 47.7. The number of ether oxygens (including phenoxy) is 3. The van der Waals surface area contributed by atoms with E-state index in [9.17, 15) is 28.9 Å². The molecule has 3 unspecified atom stereocenters. The number of hydrogen-bond acceptors (Lipinski definition) is 10. The van der Waals surface area contributed by atoms with E-state index in [1.165, 1.54) is 6.42 Å². The number of phosphoric ester groups is 1. The van der Waals surface area contributed by atoms with Crippen LogP contribution in [0.5, 0.6) is 0 Å². The number of hydrogen-bond donors (Lipinski definition) is 2. The maximum absolute atomic E-state index is 12.9.